The summed E-state index contributed by atoms with van der Waals surface area (Å²) in [5.74, 6) is -0.668. The predicted octanol–water partition coefficient (Wildman–Crippen LogP) is -1.15. The molecule has 1 aromatic carbocycles. The number of Topliss-reactive ketones (excluding diaryl/α,β-unsaturated/α-hetero) is 1. The van der Waals surface area contributed by atoms with Gasteiger partial charge in [0.25, 0.3) is 0 Å². The lowest BCUT2D eigenvalue weighted by Gasteiger charge is -2.25. The molecule has 0 aliphatic rings. The third-order valence-corrected chi connectivity index (χ3v) is 3.45. The zero-order valence-electron chi connectivity index (χ0n) is 12.1. The van der Waals surface area contributed by atoms with Gasteiger partial charge in [-0.25, -0.2) is 0 Å². The third-order valence-electron chi connectivity index (χ3n) is 3.45. The summed E-state index contributed by atoms with van der Waals surface area (Å²) in [5.41, 5.74) is 2.65. The molecule has 0 saturated heterocycles. The largest absolute Gasteiger partial charge is 0.394 e. The van der Waals surface area contributed by atoms with Gasteiger partial charge in [0.05, 0.1) is 6.61 Å². The van der Waals surface area contributed by atoms with Gasteiger partial charge in [0, 0.05) is 6.42 Å². The summed E-state index contributed by atoms with van der Waals surface area (Å²) in [4.78, 5) is 11.9. The zero-order chi connectivity index (χ0) is 16.2. The molecule has 6 heteroatoms. The van der Waals surface area contributed by atoms with Crippen molar-refractivity contribution in [2.75, 3.05) is 6.61 Å². The standard InChI is InChI=1S/C15H22O6/c1-8-3-4-10(9(2)5-8)6-11(17)13(19)15(21)14(20)12(18)7-16/h3-5,12-16,18-21H,6-7H2,1-2H3/t12-,13+,14-,15-/m1/s1. The molecular formula is C15H22O6. The topological polar surface area (TPSA) is 118 Å². The average Bonchev–Trinajstić information content (AvgIpc) is 2.46. The van der Waals surface area contributed by atoms with Crippen LogP contribution in [0.3, 0.4) is 0 Å². The first-order valence-electron chi connectivity index (χ1n) is 6.70. The average molecular weight is 298 g/mol. The Bertz CT molecular complexity index is 487. The molecule has 0 fully saturated rings. The lowest BCUT2D eigenvalue weighted by molar-refractivity contribution is -0.146. The number of benzene rings is 1. The number of carbonyl (C=O) groups excluding carboxylic acids is 1. The van der Waals surface area contributed by atoms with Gasteiger partial charge in [0.2, 0.25) is 0 Å². The Balaban J connectivity index is 2.74. The maximum absolute atomic E-state index is 11.9. The van der Waals surface area contributed by atoms with Crippen molar-refractivity contribution >= 4 is 5.78 Å². The number of aryl methyl sites for hydroxylation is 2. The van der Waals surface area contributed by atoms with Crippen molar-refractivity contribution in [2.24, 2.45) is 0 Å². The van der Waals surface area contributed by atoms with Crippen LogP contribution >= 0.6 is 0 Å². The van der Waals surface area contributed by atoms with E-state index in [1.807, 2.05) is 26.0 Å². The number of rotatable bonds is 7. The quantitative estimate of drug-likeness (QED) is 0.434. The smallest absolute Gasteiger partial charge is 0.168 e. The molecule has 0 bridgehead atoms. The van der Waals surface area contributed by atoms with E-state index in [1.54, 1.807) is 6.07 Å². The second-order valence-electron chi connectivity index (χ2n) is 5.25. The molecule has 1 aromatic rings. The summed E-state index contributed by atoms with van der Waals surface area (Å²) in [7, 11) is 0. The lowest BCUT2D eigenvalue weighted by Crippen LogP contribution is -2.49. The number of hydrogen-bond acceptors (Lipinski definition) is 6. The normalized spacial score (nSPS) is 17.1. The molecule has 0 radical (unpaired) electrons. The number of hydrogen-bond donors (Lipinski definition) is 5. The van der Waals surface area contributed by atoms with Crippen molar-refractivity contribution < 1.29 is 30.3 Å². The van der Waals surface area contributed by atoms with E-state index in [1.165, 1.54) is 0 Å². The van der Waals surface area contributed by atoms with Crippen LogP contribution in [0.25, 0.3) is 0 Å². The van der Waals surface area contributed by atoms with Gasteiger partial charge in [-0.2, -0.15) is 0 Å². The van der Waals surface area contributed by atoms with Gasteiger partial charge in [-0.3, -0.25) is 4.79 Å². The van der Waals surface area contributed by atoms with E-state index in [9.17, 15) is 25.2 Å². The minimum Gasteiger partial charge on any atom is -0.394 e. The molecule has 6 nitrogen and oxygen atoms in total. The molecule has 4 atom stereocenters. The molecule has 5 N–H and O–H groups in total. The number of ketones is 1. The Hall–Kier alpha value is -1.31. The first-order chi connectivity index (χ1) is 9.77. The van der Waals surface area contributed by atoms with Crippen LogP contribution in [0.4, 0.5) is 0 Å². The predicted molar refractivity (Wildman–Crippen MR) is 75.7 cm³/mol. The van der Waals surface area contributed by atoms with Crippen LogP contribution < -0.4 is 0 Å². The van der Waals surface area contributed by atoms with Gasteiger partial charge < -0.3 is 25.5 Å². The van der Waals surface area contributed by atoms with Crippen molar-refractivity contribution in [2.45, 2.75) is 44.7 Å². The molecule has 0 aliphatic heterocycles. The highest BCUT2D eigenvalue weighted by Crippen LogP contribution is 2.14. The lowest BCUT2D eigenvalue weighted by atomic mass is 9.94. The fraction of sp³-hybridized carbons (Fsp3) is 0.533. The molecule has 1 rings (SSSR count). The van der Waals surface area contributed by atoms with Crippen molar-refractivity contribution in [3.05, 3.63) is 34.9 Å². The highest BCUT2D eigenvalue weighted by molar-refractivity contribution is 5.85. The van der Waals surface area contributed by atoms with Gasteiger partial charge >= 0.3 is 0 Å². The summed E-state index contributed by atoms with van der Waals surface area (Å²) in [5, 5.41) is 46.8. The first kappa shape index (κ1) is 17.7. The summed E-state index contributed by atoms with van der Waals surface area (Å²) in [6.45, 7) is 2.98. The van der Waals surface area contributed by atoms with Crippen molar-refractivity contribution in [3.63, 3.8) is 0 Å². The zero-order valence-corrected chi connectivity index (χ0v) is 12.1. The van der Waals surface area contributed by atoms with Gasteiger partial charge in [-0.05, 0) is 25.0 Å². The van der Waals surface area contributed by atoms with Crippen molar-refractivity contribution in [3.8, 4) is 0 Å². The summed E-state index contributed by atoms with van der Waals surface area (Å²) in [6, 6.07) is 5.50. The molecular weight excluding hydrogens is 276 g/mol. The van der Waals surface area contributed by atoms with E-state index in [0.717, 1.165) is 11.1 Å². The van der Waals surface area contributed by atoms with Gasteiger partial charge in [0.1, 0.15) is 24.4 Å². The molecule has 0 aromatic heterocycles. The van der Waals surface area contributed by atoms with E-state index in [4.69, 9.17) is 5.11 Å². The fourth-order valence-electron chi connectivity index (χ4n) is 2.05. The van der Waals surface area contributed by atoms with Gasteiger partial charge in [-0.15, -0.1) is 0 Å². The van der Waals surface area contributed by atoms with E-state index in [2.05, 4.69) is 0 Å². The number of aliphatic hydroxyl groups excluding tert-OH is 5. The van der Waals surface area contributed by atoms with Crippen molar-refractivity contribution in [1.29, 1.82) is 0 Å². The Morgan fingerprint density at radius 3 is 2.24 bits per heavy atom. The van der Waals surface area contributed by atoms with Crippen molar-refractivity contribution in [1.82, 2.24) is 0 Å². The molecule has 0 aliphatic carbocycles. The number of aliphatic hydroxyl groups is 5. The minimum atomic E-state index is -1.86. The maximum atomic E-state index is 11.9. The monoisotopic (exact) mass is 298 g/mol. The second-order valence-corrected chi connectivity index (χ2v) is 5.25. The van der Waals surface area contributed by atoms with Crippen LogP contribution in [-0.4, -0.2) is 62.3 Å². The second kappa shape index (κ2) is 7.63. The van der Waals surface area contributed by atoms with E-state index >= 15 is 0 Å². The molecule has 0 unspecified atom stereocenters. The van der Waals surface area contributed by atoms with Crippen LogP contribution in [0.1, 0.15) is 16.7 Å². The molecule has 0 saturated carbocycles. The summed E-state index contributed by atoms with van der Waals surface area (Å²) < 4.78 is 0. The summed E-state index contributed by atoms with van der Waals surface area (Å²) in [6.07, 6.45) is -7.20. The fourth-order valence-corrected chi connectivity index (χ4v) is 2.05. The molecule has 0 heterocycles. The molecule has 0 amide bonds. The highest BCUT2D eigenvalue weighted by Gasteiger charge is 2.33. The van der Waals surface area contributed by atoms with Crippen LogP contribution in [0.2, 0.25) is 0 Å². The van der Waals surface area contributed by atoms with Crippen LogP contribution in [-0.2, 0) is 11.2 Å². The summed E-state index contributed by atoms with van der Waals surface area (Å²) >= 11 is 0. The minimum absolute atomic E-state index is 0.0910. The van der Waals surface area contributed by atoms with Crippen LogP contribution in [0, 0.1) is 13.8 Å². The van der Waals surface area contributed by atoms with E-state index < -0.39 is 36.8 Å². The Morgan fingerprint density at radius 2 is 1.71 bits per heavy atom. The maximum Gasteiger partial charge on any atom is 0.168 e. The van der Waals surface area contributed by atoms with Crippen LogP contribution in [0.15, 0.2) is 18.2 Å². The number of carbonyl (C=O) groups is 1. The first-order valence-corrected chi connectivity index (χ1v) is 6.70. The Kier molecular flexibility index (Phi) is 6.44. The van der Waals surface area contributed by atoms with Gasteiger partial charge in [0.15, 0.2) is 5.78 Å². The Morgan fingerprint density at radius 1 is 1.10 bits per heavy atom. The molecule has 21 heavy (non-hydrogen) atoms. The Labute approximate surface area is 123 Å². The van der Waals surface area contributed by atoms with Crippen LogP contribution in [0.5, 0.6) is 0 Å². The SMILES string of the molecule is Cc1ccc(CC(=O)[C@H](O)[C@@H](O)[C@H](O)[C@H](O)CO)c(C)c1. The molecule has 118 valence electrons. The van der Waals surface area contributed by atoms with E-state index in [-0.39, 0.29) is 6.42 Å². The van der Waals surface area contributed by atoms with Gasteiger partial charge in [-0.1, -0.05) is 23.8 Å². The third kappa shape index (κ3) is 4.59. The van der Waals surface area contributed by atoms with E-state index in [0.29, 0.717) is 5.56 Å². The highest BCUT2D eigenvalue weighted by atomic mass is 16.4. The molecule has 0 spiro atoms.